The van der Waals surface area contributed by atoms with Crippen molar-refractivity contribution in [3.05, 3.63) is 35.6 Å². The molecule has 2 heterocycles. The normalized spacial score (nSPS) is 20.9. The molecule has 0 aliphatic carbocycles. The molecule has 0 fully saturated rings. The van der Waals surface area contributed by atoms with Crippen LogP contribution >= 0.6 is 0 Å². The number of benzene rings is 1. The number of carbonyl (C=O) groups is 2. The van der Waals surface area contributed by atoms with E-state index >= 15 is 0 Å². The second-order valence-electron chi connectivity index (χ2n) is 4.28. The number of nitrogens with zero attached hydrogens (tertiary/aromatic N) is 4. The van der Waals surface area contributed by atoms with Gasteiger partial charge in [-0.25, -0.2) is 14.2 Å². The van der Waals surface area contributed by atoms with Crippen molar-refractivity contribution in [1.82, 2.24) is 4.90 Å². The van der Waals surface area contributed by atoms with Crippen LogP contribution < -0.4 is 0 Å². The third kappa shape index (κ3) is 2.13. The van der Waals surface area contributed by atoms with Crippen LogP contribution in [0.4, 0.5) is 9.18 Å². The number of hydrogen-bond acceptors (Lipinski definition) is 4. The molecule has 0 saturated carbocycles. The first-order valence-corrected chi connectivity index (χ1v) is 5.89. The zero-order chi connectivity index (χ0) is 14.1. The Morgan fingerprint density at radius 1 is 1.15 bits per heavy atom. The van der Waals surface area contributed by atoms with E-state index in [1.807, 2.05) is 0 Å². The molecular weight excluding hydrogens is 263 g/mol. The van der Waals surface area contributed by atoms with Crippen molar-refractivity contribution in [2.45, 2.75) is 12.6 Å². The molecule has 2 aliphatic rings. The standard InChI is InChI=1S/C13H9FN4O2/c14-9-3-1-8(2-4-9)7-18-12(19)10-11(17-13(18)20)16-6-5-15-10/h1-6,10H,7H2. The van der Waals surface area contributed by atoms with Gasteiger partial charge in [-0.1, -0.05) is 12.1 Å². The molecule has 0 bridgehead atoms. The lowest BCUT2D eigenvalue weighted by atomic mass is 10.1. The highest BCUT2D eigenvalue weighted by Crippen LogP contribution is 2.17. The summed E-state index contributed by atoms with van der Waals surface area (Å²) in [4.78, 5) is 36.6. The topological polar surface area (TPSA) is 74.5 Å². The van der Waals surface area contributed by atoms with Crippen molar-refractivity contribution in [2.75, 3.05) is 0 Å². The lowest BCUT2D eigenvalue weighted by molar-refractivity contribution is -0.128. The summed E-state index contributed by atoms with van der Waals surface area (Å²) in [6.07, 6.45) is 2.78. The third-order valence-corrected chi connectivity index (χ3v) is 2.95. The van der Waals surface area contributed by atoms with Crippen LogP contribution in [0.3, 0.4) is 0 Å². The Morgan fingerprint density at radius 3 is 2.65 bits per heavy atom. The lowest BCUT2D eigenvalue weighted by Crippen LogP contribution is -2.48. The highest BCUT2D eigenvalue weighted by atomic mass is 19.1. The highest BCUT2D eigenvalue weighted by Gasteiger charge is 2.37. The van der Waals surface area contributed by atoms with E-state index in [2.05, 4.69) is 15.0 Å². The van der Waals surface area contributed by atoms with E-state index < -0.39 is 18.0 Å². The maximum atomic E-state index is 12.8. The average molecular weight is 272 g/mol. The molecule has 1 atom stereocenters. The van der Waals surface area contributed by atoms with Crippen LogP contribution in [-0.2, 0) is 11.3 Å². The number of aliphatic imine (C=N–C) groups is 3. The van der Waals surface area contributed by atoms with Gasteiger partial charge in [0.25, 0.3) is 5.91 Å². The fourth-order valence-electron chi connectivity index (χ4n) is 1.95. The van der Waals surface area contributed by atoms with Crippen LogP contribution in [0.1, 0.15) is 5.56 Å². The zero-order valence-electron chi connectivity index (χ0n) is 10.2. The zero-order valence-corrected chi connectivity index (χ0v) is 10.2. The summed E-state index contributed by atoms with van der Waals surface area (Å²) in [5.74, 6) is -0.744. The molecule has 100 valence electrons. The van der Waals surface area contributed by atoms with E-state index in [0.29, 0.717) is 5.56 Å². The average Bonchev–Trinajstić information content (AvgIpc) is 2.45. The van der Waals surface area contributed by atoms with Crippen LogP contribution in [0, 0.1) is 5.82 Å². The van der Waals surface area contributed by atoms with E-state index in [1.54, 1.807) is 0 Å². The molecule has 7 heteroatoms. The first kappa shape index (κ1) is 12.3. The molecule has 6 nitrogen and oxygen atoms in total. The van der Waals surface area contributed by atoms with Gasteiger partial charge in [0.1, 0.15) is 5.82 Å². The second kappa shape index (κ2) is 4.76. The van der Waals surface area contributed by atoms with E-state index in [4.69, 9.17) is 0 Å². The summed E-state index contributed by atoms with van der Waals surface area (Å²) in [6, 6.07) is 4.02. The van der Waals surface area contributed by atoms with Crippen molar-refractivity contribution >= 4 is 30.2 Å². The van der Waals surface area contributed by atoms with Crippen LogP contribution in [0.5, 0.6) is 0 Å². The van der Waals surface area contributed by atoms with Crippen molar-refractivity contribution in [1.29, 1.82) is 0 Å². The number of amidine groups is 1. The van der Waals surface area contributed by atoms with Gasteiger partial charge in [0, 0.05) is 12.4 Å². The molecule has 1 aromatic carbocycles. The van der Waals surface area contributed by atoms with Gasteiger partial charge < -0.3 is 0 Å². The monoisotopic (exact) mass is 272 g/mol. The minimum absolute atomic E-state index is 0.0322. The smallest absolute Gasteiger partial charge is 0.271 e. The van der Waals surface area contributed by atoms with Gasteiger partial charge in [0.2, 0.25) is 0 Å². The summed E-state index contributed by atoms with van der Waals surface area (Å²) in [5.41, 5.74) is 0.634. The SMILES string of the molecule is O=C1N=C2N=CC=NC2C(=O)N1Cc1ccc(F)cc1. The van der Waals surface area contributed by atoms with Gasteiger partial charge in [-0.2, -0.15) is 4.99 Å². The number of urea groups is 1. The van der Waals surface area contributed by atoms with Gasteiger partial charge in [-0.05, 0) is 17.7 Å². The van der Waals surface area contributed by atoms with E-state index in [0.717, 1.165) is 4.90 Å². The van der Waals surface area contributed by atoms with E-state index in [9.17, 15) is 14.0 Å². The highest BCUT2D eigenvalue weighted by molar-refractivity contribution is 6.28. The van der Waals surface area contributed by atoms with Crippen molar-refractivity contribution in [3.63, 3.8) is 0 Å². The number of imide groups is 1. The van der Waals surface area contributed by atoms with Gasteiger partial charge in [-0.15, -0.1) is 0 Å². The number of halogens is 1. The van der Waals surface area contributed by atoms with Crippen LogP contribution in [-0.4, -0.2) is 41.1 Å². The molecule has 0 saturated heterocycles. The molecule has 0 radical (unpaired) electrons. The summed E-state index contributed by atoms with van der Waals surface area (Å²) in [7, 11) is 0. The minimum atomic E-state index is -0.863. The molecule has 1 aromatic rings. The Labute approximate surface area is 113 Å². The number of rotatable bonds is 2. The molecule has 20 heavy (non-hydrogen) atoms. The quantitative estimate of drug-likeness (QED) is 0.811. The number of amides is 3. The number of hydrogen-bond donors (Lipinski definition) is 0. The van der Waals surface area contributed by atoms with Crippen molar-refractivity contribution < 1.29 is 14.0 Å². The Bertz CT molecular complexity index is 663. The predicted molar refractivity (Wildman–Crippen MR) is 70.6 cm³/mol. The van der Waals surface area contributed by atoms with Crippen LogP contribution in [0.25, 0.3) is 0 Å². The molecular formula is C13H9FN4O2. The minimum Gasteiger partial charge on any atom is -0.271 e. The Kier molecular flexibility index (Phi) is 2.94. The number of carbonyl (C=O) groups excluding carboxylic acids is 2. The van der Waals surface area contributed by atoms with Crippen molar-refractivity contribution in [2.24, 2.45) is 15.0 Å². The Hall–Kier alpha value is -2.70. The fraction of sp³-hybridized carbons (Fsp3) is 0.154. The largest absolute Gasteiger partial charge is 0.352 e. The van der Waals surface area contributed by atoms with E-state index in [1.165, 1.54) is 36.7 Å². The molecule has 0 aromatic heterocycles. The first-order chi connectivity index (χ1) is 9.65. The number of fused-ring (bicyclic) bond motifs is 1. The molecule has 0 spiro atoms. The molecule has 3 rings (SSSR count). The second-order valence-corrected chi connectivity index (χ2v) is 4.28. The Morgan fingerprint density at radius 2 is 1.90 bits per heavy atom. The summed E-state index contributed by atoms with van der Waals surface area (Å²) in [6.45, 7) is 0.0322. The predicted octanol–water partition coefficient (Wildman–Crippen LogP) is 1.21. The van der Waals surface area contributed by atoms with Crippen LogP contribution in [0.2, 0.25) is 0 Å². The van der Waals surface area contributed by atoms with Gasteiger partial charge in [0.05, 0.1) is 6.54 Å². The molecule has 1 unspecified atom stereocenters. The summed E-state index contributed by atoms with van der Waals surface area (Å²) in [5, 5.41) is 0. The molecule has 3 amide bonds. The van der Waals surface area contributed by atoms with Gasteiger partial charge in [0.15, 0.2) is 11.9 Å². The Balaban J connectivity index is 1.87. The third-order valence-electron chi connectivity index (χ3n) is 2.95. The van der Waals surface area contributed by atoms with Gasteiger partial charge >= 0.3 is 6.03 Å². The fourth-order valence-corrected chi connectivity index (χ4v) is 1.95. The summed E-state index contributed by atoms with van der Waals surface area (Å²) < 4.78 is 12.8. The van der Waals surface area contributed by atoms with Gasteiger partial charge in [-0.3, -0.25) is 14.7 Å². The molecule has 2 aliphatic heterocycles. The summed E-state index contributed by atoms with van der Waals surface area (Å²) >= 11 is 0. The van der Waals surface area contributed by atoms with Crippen LogP contribution in [0.15, 0.2) is 39.2 Å². The molecule has 0 N–H and O–H groups in total. The first-order valence-electron chi connectivity index (χ1n) is 5.89. The maximum absolute atomic E-state index is 12.8. The van der Waals surface area contributed by atoms with E-state index in [-0.39, 0.29) is 18.2 Å². The lowest BCUT2D eigenvalue weighted by Gasteiger charge is -2.26. The maximum Gasteiger partial charge on any atom is 0.352 e. The van der Waals surface area contributed by atoms with Crippen molar-refractivity contribution in [3.8, 4) is 0 Å².